The molecule has 2 N–H and O–H groups in total. The van der Waals surface area contributed by atoms with E-state index in [1.54, 1.807) is 0 Å². The van der Waals surface area contributed by atoms with E-state index in [0.717, 1.165) is 17.0 Å². The van der Waals surface area contributed by atoms with Crippen molar-refractivity contribution in [2.45, 2.75) is 25.5 Å². The summed E-state index contributed by atoms with van der Waals surface area (Å²) < 4.78 is 36.7. The molecule has 3 heterocycles. The molecule has 0 spiro atoms. The predicted octanol–water partition coefficient (Wildman–Crippen LogP) is 0.570. The lowest BCUT2D eigenvalue weighted by molar-refractivity contribution is 0.0722. The molecule has 0 unspecified atom stereocenters. The second-order valence-electron chi connectivity index (χ2n) is 5.73. The third-order valence-corrected chi connectivity index (χ3v) is 5.85. The quantitative estimate of drug-likeness (QED) is 0.797. The maximum Gasteiger partial charge on any atom is 0.287 e. The molecule has 0 saturated carbocycles. The molecule has 3 rings (SSSR count). The largest absolute Gasteiger partial charge is 0.438 e. The van der Waals surface area contributed by atoms with Gasteiger partial charge < -0.3 is 14.5 Å². The summed E-state index contributed by atoms with van der Waals surface area (Å²) in [6.45, 7) is 5.20. The molecule has 0 atom stereocenters. The topological polar surface area (TPSA) is 118 Å². The smallest absolute Gasteiger partial charge is 0.287 e. The van der Waals surface area contributed by atoms with Gasteiger partial charge in [0.2, 0.25) is 5.09 Å². The highest BCUT2D eigenvalue weighted by Gasteiger charge is 2.30. The molecule has 1 saturated heterocycles. The monoisotopic (exact) mass is 368 g/mol. The molecule has 0 bridgehead atoms. The minimum atomic E-state index is -3.75. The first-order valence-corrected chi connectivity index (χ1v) is 9.30. The molecule has 0 aliphatic carbocycles. The van der Waals surface area contributed by atoms with Gasteiger partial charge in [0, 0.05) is 30.9 Å². The molecule has 25 heavy (non-hydrogen) atoms. The van der Waals surface area contributed by atoms with Crippen molar-refractivity contribution in [2.24, 2.45) is 0 Å². The molecule has 2 aromatic heterocycles. The number of aromatic nitrogens is 2. The van der Waals surface area contributed by atoms with Crippen LogP contribution in [0.25, 0.3) is 0 Å². The van der Waals surface area contributed by atoms with E-state index in [9.17, 15) is 13.2 Å². The number of carbonyl (C=O) groups is 1. The van der Waals surface area contributed by atoms with Crippen LogP contribution in [-0.2, 0) is 21.3 Å². The number of morpholine rings is 1. The van der Waals surface area contributed by atoms with E-state index in [-0.39, 0.29) is 30.5 Å². The van der Waals surface area contributed by atoms with Crippen LogP contribution in [-0.4, -0.2) is 55.1 Å². The SMILES string of the molecule is Cc1n[nH]c(C)c1CNC(=O)c1ccc(S(=O)(=O)N2CCOCC2)o1. The van der Waals surface area contributed by atoms with E-state index in [1.807, 2.05) is 13.8 Å². The van der Waals surface area contributed by atoms with E-state index in [4.69, 9.17) is 9.15 Å². The van der Waals surface area contributed by atoms with Crippen molar-refractivity contribution < 1.29 is 22.4 Å². The molecule has 1 amide bonds. The number of aryl methyl sites for hydroxylation is 2. The highest BCUT2D eigenvalue weighted by molar-refractivity contribution is 7.89. The number of hydrogen-bond acceptors (Lipinski definition) is 6. The van der Waals surface area contributed by atoms with Gasteiger partial charge >= 0.3 is 0 Å². The van der Waals surface area contributed by atoms with Crippen LogP contribution in [0.5, 0.6) is 0 Å². The molecule has 0 radical (unpaired) electrons. The van der Waals surface area contributed by atoms with Crippen LogP contribution in [0.2, 0.25) is 0 Å². The van der Waals surface area contributed by atoms with Crippen LogP contribution < -0.4 is 5.32 Å². The standard InChI is InChI=1S/C15H20N4O5S/c1-10-12(11(2)18-17-10)9-16-15(20)13-3-4-14(24-13)25(21,22)19-5-7-23-8-6-19/h3-4H,5-9H2,1-2H3,(H,16,20)(H,17,18). The van der Waals surface area contributed by atoms with Gasteiger partial charge in [0.15, 0.2) is 5.76 Å². The lowest BCUT2D eigenvalue weighted by Gasteiger charge is -2.24. The summed E-state index contributed by atoms with van der Waals surface area (Å²) >= 11 is 0. The summed E-state index contributed by atoms with van der Waals surface area (Å²) in [5.41, 5.74) is 2.56. The first-order valence-electron chi connectivity index (χ1n) is 7.86. The fraction of sp³-hybridized carbons (Fsp3) is 0.467. The van der Waals surface area contributed by atoms with Gasteiger partial charge in [-0.25, -0.2) is 8.42 Å². The summed E-state index contributed by atoms with van der Waals surface area (Å²) in [5, 5.41) is 9.37. The molecule has 10 heteroatoms. The first kappa shape index (κ1) is 17.6. The number of nitrogens with one attached hydrogen (secondary N) is 2. The molecule has 136 valence electrons. The Kier molecular flexibility index (Phi) is 4.93. The zero-order valence-corrected chi connectivity index (χ0v) is 14.9. The minimum Gasteiger partial charge on any atom is -0.438 e. The maximum atomic E-state index is 12.5. The molecule has 2 aromatic rings. The average Bonchev–Trinajstić information content (AvgIpc) is 3.22. The van der Waals surface area contributed by atoms with Crippen LogP contribution in [0, 0.1) is 13.8 Å². The van der Waals surface area contributed by atoms with Crippen molar-refractivity contribution in [1.29, 1.82) is 0 Å². The van der Waals surface area contributed by atoms with Crippen LogP contribution in [0.4, 0.5) is 0 Å². The fourth-order valence-corrected chi connectivity index (χ4v) is 3.90. The van der Waals surface area contributed by atoms with Gasteiger partial charge in [0.1, 0.15) is 0 Å². The highest BCUT2D eigenvalue weighted by atomic mass is 32.2. The number of hydrogen-bond donors (Lipinski definition) is 2. The Morgan fingerprint density at radius 2 is 2.04 bits per heavy atom. The molecular weight excluding hydrogens is 348 g/mol. The van der Waals surface area contributed by atoms with Gasteiger partial charge in [-0.3, -0.25) is 9.89 Å². The Balaban J connectivity index is 1.69. The van der Waals surface area contributed by atoms with Crippen LogP contribution in [0.15, 0.2) is 21.6 Å². The molecular formula is C15H20N4O5S. The minimum absolute atomic E-state index is 0.0503. The molecule has 9 nitrogen and oxygen atoms in total. The van der Waals surface area contributed by atoms with Crippen molar-refractivity contribution in [3.63, 3.8) is 0 Å². The van der Waals surface area contributed by atoms with Gasteiger partial charge in [-0.15, -0.1) is 0 Å². The summed E-state index contributed by atoms with van der Waals surface area (Å²) in [7, 11) is -3.75. The summed E-state index contributed by atoms with van der Waals surface area (Å²) in [5.74, 6) is -0.533. The Hall–Kier alpha value is -2.17. The fourth-order valence-electron chi connectivity index (χ4n) is 2.59. The molecule has 0 aromatic carbocycles. The number of amides is 1. The van der Waals surface area contributed by atoms with Crippen molar-refractivity contribution >= 4 is 15.9 Å². The summed E-state index contributed by atoms with van der Waals surface area (Å²) in [4.78, 5) is 12.2. The predicted molar refractivity (Wildman–Crippen MR) is 87.5 cm³/mol. The number of rotatable bonds is 5. The molecule has 1 fully saturated rings. The number of H-pyrrole nitrogens is 1. The van der Waals surface area contributed by atoms with E-state index >= 15 is 0 Å². The van der Waals surface area contributed by atoms with Gasteiger partial charge in [-0.05, 0) is 26.0 Å². The van der Waals surface area contributed by atoms with Crippen LogP contribution in [0.3, 0.4) is 0 Å². The average molecular weight is 368 g/mol. The number of aromatic amines is 1. The Bertz CT molecular complexity index is 845. The van der Waals surface area contributed by atoms with Gasteiger partial charge in [-0.2, -0.15) is 9.40 Å². The first-order chi connectivity index (χ1) is 11.9. The van der Waals surface area contributed by atoms with Crippen molar-refractivity contribution in [3.05, 3.63) is 34.8 Å². The Labute approximate surface area is 145 Å². The number of sulfonamides is 1. The summed E-state index contributed by atoms with van der Waals surface area (Å²) in [6, 6.07) is 2.66. The lowest BCUT2D eigenvalue weighted by Crippen LogP contribution is -2.40. The highest BCUT2D eigenvalue weighted by Crippen LogP contribution is 2.20. The van der Waals surface area contributed by atoms with E-state index < -0.39 is 15.9 Å². The number of nitrogens with zero attached hydrogens (tertiary/aromatic N) is 2. The lowest BCUT2D eigenvalue weighted by atomic mass is 10.2. The normalized spacial score (nSPS) is 16.1. The van der Waals surface area contributed by atoms with Gasteiger partial charge in [-0.1, -0.05) is 0 Å². The number of carbonyl (C=O) groups excluding carboxylic acids is 1. The maximum absolute atomic E-state index is 12.5. The number of ether oxygens (including phenoxy) is 1. The van der Waals surface area contributed by atoms with Gasteiger partial charge in [0.25, 0.3) is 15.9 Å². The van der Waals surface area contributed by atoms with Crippen molar-refractivity contribution in [2.75, 3.05) is 26.3 Å². The second kappa shape index (κ2) is 6.98. The zero-order chi connectivity index (χ0) is 18.0. The van der Waals surface area contributed by atoms with Gasteiger partial charge in [0.05, 0.1) is 18.9 Å². The third kappa shape index (κ3) is 3.60. The van der Waals surface area contributed by atoms with Crippen molar-refractivity contribution in [1.82, 2.24) is 19.8 Å². The third-order valence-electron chi connectivity index (χ3n) is 4.08. The van der Waals surface area contributed by atoms with E-state index in [1.165, 1.54) is 16.4 Å². The van der Waals surface area contributed by atoms with Crippen molar-refractivity contribution in [3.8, 4) is 0 Å². The van der Waals surface area contributed by atoms with E-state index in [0.29, 0.717) is 13.2 Å². The number of furan rings is 1. The Morgan fingerprint density at radius 1 is 1.32 bits per heavy atom. The van der Waals surface area contributed by atoms with E-state index in [2.05, 4.69) is 15.5 Å². The van der Waals surface area contributed by atoms with Crippen LogP contribution >= 0.6 is 0 Å². The molecule has 1 aliphatic heterocycles. The Morgan fingerprint density at radius 3 is 2.68 bits per heavy atom. The van der Waals surface area contributed by atoms with Crippen LogP contribution in [0.1, 0.15) is 27.5 Å². The second-order valence-corrected chi connectivity index (χ2v) is 7.60. The summed E-state index contributed by atoms with van der Waals surface area (Å²) in [6.07, 6.45) is 0. The zero-order valence-electron chi connectivity index (χ0n) is 14.0. The molecule has 1 aliphatic rings.